The summed E-state index contributed by atoms with van der Waals surface area (Å²) < 4.78 is 24.2. The zero-order valence-electron chi connectivity index (χ0n) is 11.5. The number of sulfone groups is 1. The summed E-state index contributed by atoms with van der Waals surface area (Å²) in [7, 11) is -3.26. The highest BCUT2D eigenvalue weighted by atomic mass is 32.2. The molecular formula is C13H24N2O3S. The topological polar surface area (TPSA) is 75.3 Å². The smallest absolute Gasteiger partial charge is 0.235 e. The van der Waals surface area contributed by atoms with Crippen LogP contribution in [0.25, 0.3) is 0 Å². The lowest BCUT2D eigenvalue weighted by atomic mass is 9.95. The lowest BCUT2D eigenvalue weighted by molar-refractivity contribution is -0.119. The van der Waals surface area contributed by atoms with Crippen molar-refractivity contribution in [2.75, 3.05) is 18.8 Å². The van der Waals surface area contributed by atoms with Gasteiger partial charge in [-0.15, -0.1) is 0 Å². The summed E-state index contributed by atoms with van der Waals surface area (Å²) in [4.78, 5) is 11.9. The van der Waals surface area contributed by atoms with E-state index in [0.29, 0.717) is 5.92 Å². The van der Waals surface area contributed by atoms with Crippen LogP contribution in [0.4, 0.5) is 0 Å². The van der Waals surface area contributed by atoms with Crippen LogP contribution < -0.4 is 10.6 Å². The van der Waals surface area contributed by atoms with Gasteiger partial charge in [0.2, 0.25) is 5.91 Å². The van der Waals surface area contributed by atoms with Crippen LogP contribution in [-0.4, -0.2) is 44.5 Å². The van der Waals surface area contributed by atoms with Crippen LogP contribution in [0.2, 0.25) is 0 Å². The molecule has 6 heteroatoms. The Bertz CT molecular complexity index is 416. The first-order valence-corrected chi connectivity index (χ1v) is 8.92. The summed E-state index contributed by atoms with van der Waals surface area (Å²) in [6.45, 7) is 3.79. The van der Waals surface area contributed by atoms with E-state index in [9.17, 15) is 13.2 Å². The molecule has 2 fully saturated rings. The van der Waals surface area contributed by atoms with Crippen molar-refractivity contribution in [2.45, 2.75) is 50.3 Å². The maximum atomic E-state index is 12.1. The van der Waals surface area contributed by atoms with Gasteiger partial charge >= 0.3 is 0 Å². The summed E-state index contributed by atoms with van der Waals surface area (Å²) in [5, 5.41) is 5.80. The van der Waals surface area contributed by atoms with E-state index < -0.39 is 9.84 Å². The Morgan fingerprint density at radius 3 is 2.58 bits per heavy atom. The molecule has 5 nitrogen and oxygen atoms in total. The van der Waals surface area contributed by atoms with E-state index in [1.807, 2.05) is 0 Å². The molecule has 2 N–H and O–H groups in total. The monoisotopic (exact) mass is 288 g/mol. The Labute approximate surface area is 115 Å². The molecule has 2 atom stereocenters. The summed E-state index contributed by atoms with van der Waals surface area (Å²) in [5.41, 5.74) is 0. The molecule has 2 unspecified atom stereocenters. The third-order valence-corrected chi connectivity index (χ3v) is 6.47. The molecule has 1 aliphatic heterocycles. The predicted molar refractivity (Wildman–Crippen MR) is 74.6 cm³/mol. The number of hydrogen-bond acceptors (Lipinski definition) is 4. The minimum Gasteiger partial charge on any atom is -0.351 e. The number of nitrogens with one attached hydrogen (secondary N) is 2. The van der Waals surface area contributed by atoms with Crippen molar-refractivity contribution < 1.29 is 13.2 Å². The molecule has 1 amide bonds. The number of hydrogen-bond donors (Lipinski definition) is 2. The van der Waals surface area contributed by atoms with Gasteiger partial charge in [0.25, 0.3) is 0 Å². The summed E-state index contributed by atoms with van der Waals surface area (Å²) >= 11 is 0. The average molecular weight is 288 g/mol. The quantitative estimate of drug-likeness (QED) is 0.788. The molecule has 110 valence electrons. The van der Waals surface area contributed by atoms with Gasteiger partial charge in [-0.2, -0.15) is 0 Å². The van der Waals surface area contributed by atoms with E-state index in [-0.39, 0.29) is 23.0 Å². The Hall–Kier alpha value is -0.620. The fraction of sp³-hybridized carbons (Fsp3) is 0.923. The van der Waals surface area contributed by atoms with Crippen LogP contribution >= 0.6 is 0 Å². The van der Waals surface area contributed by atoms with E-state index in [2.05, 4.69) is 17.6 Å². The summed E-state index contributed by atoms with van der Waals surface area (Å²) in [6.07, 6.45) is 4.39. The van der Waals surface area contributed by atoms with Gasteiger partial charge in [-0.3, -0.25) is 4.79 Å². The minimum atomic E-state index is -3.26. The van der Waals surface area contributed by atoms with Crippen LogP contribution in [0.1, 0.15) is 39.0 Å². The van der Waals surface area contributed by atoms with Crippen LogP contribution in [0.15, 0.2) is 0 Å². The van der Waals surface area contributed by atoms with Gasteiger partial charge in [-0.25, -0.2) is 8.42 Å². The van der Waals surface area contributed by atoms with Gasteiger partial charge in [0.1, 0.15) is 5.75 Å². The second-order valence-electron chi connectivity index (χ2n) is 5.86. The van der Waals surface area contributed by atoms with E-state index in [4.69, 9.17) is 0 Å². The molecule has 0 aromatic heterocycles. The first kappa shape index (κ1) is 14.8. The number of piperidine rings is 1. The fourth-order valence-electron chi connectivity index (χ4n) is 2.98. The molecule has 1 saturated carbocycles. The molecule has 0 aromatic rings. The highest BCUT2D eigenvalue weighted by Crippen LogP contribution is 2.25. The van der Waals surface area contributed by atoms with Gasteiger partial charge < -0.3 is 10.6 Å². The summed E-state index contributed by atoms with van der Waals surface area (Å²) in [5.74, 6) is -0.284. The van der Waals surface area contributed by atoms with Gasteiger partial charge in [-0.1, -0.05) is 19.8 Å². The Morgan fingerprint density at radius 1 is 1.26 bits per heavy atom. The molecule has 1 heterocycles. The molecule has 0 bridgehead atoms. The number of amides is 1. The number of rotatable bonds is 4. The maximum Gasteiger partial charge on any atom is 0.235 e. The number of carbonyl (C=O) groups excluding carboxylic acids is 1. The average Bonchev–Trinajstić information content (AvgIpc) is 2.85. The predicted octanol–water partition coefficient (Wildman–Crippen LogP) is 0.458. The van der Waals surface area contributed by atoms with Crippen molar-refractivity contribution in [1.82, 2.24) is 10.6 Å². The number of carbonyl (C=O) groups is 1. The van der Waals surface area contributed by atoms with Gasteiger partial charge in [0.05, 0.1) is 5.25 Å². The first-order valence-electron chi connectivity index (χ1n) is 7.20. The van der Waals surface area contributed by atoms with Gasteiger partial charge in [-0.05, 0) is 31.7 Å². The van der Waals surface area contributed by atoms with E-state index in [1.165, 1.54) is 0 Å². The third-order valence-electron chi connectivity index (χ3n) is 4.32. The fourth-order valence-corrected chi connectivity index (χ4v) is 4.72. The molecule has 0 aromatic carbocycles. The van der Waals surface area contributed by atoms with Crippen molar-refractivity contribution in [3.8, 4) is 0 Å². The lowest BCUT2D eigenvalue weighted by Crippen LogP contribution is -2.51. The van der Waals surface area contributed by atoms with Crippen molar-refractivity contribution >= 4 is 15.7 Å². The molecule has 1 saturated heterocycles. The first-order chi connectivity index (χ1) is 8.99. The Morgan fingerprint density at radius 2 is 1.95 bits per heavy atom. The zero-order valence-corrected chi connectivity index (χ0v) is 12.3. The van der Waals surface area contributed by atoms with Crippen LogP contribution in [0.5, 0.6) is 0 Å². The minimum absolute atomic E-state index is 0.0556. The normalized spacial score (nSPS) is 29.3. The molecule has 2 rings (SSSR count). The van der Waals surface area contributed by atoms with Crippen molar-refractivity contribution in [3.05, 3.63) is 0 Å². The van der Waals surface area contributed by atoms with Crippen molar-refractivity contribution in [2.24, 2.45) is 5.92 Å². The zero-order chi connectivity index (χ0) is 13.9. The van der Waals surface area contributed by atoms with Crippen LogP contribution in [0.3, 0.4) is 0 Å². The van der Waals surface area contributed by atoms with Crippen molar-refractivity contribution in [1.29, 1.82) is 0 Å². The summed E-state index contributed by atoms with van der Waals surface area (Å²) in [6, 6.07) is 0.0556. The third kappa shape index (κ3) is 3.92. The van der Waals surface area contributed by atoms with Gasteiger partial charge in [0, 0.05) is 12.6 Å². The molecular weight excluding hydrogens is 264 g/mol. The second kappa shape index (κ2) is 6.22. The molecule has 1 aliphatic carbocycles. The molecule has 0 spiro atoms. The van der Waals surface area contributed by atoms with E-state index in [0.717, 1.165) is 45.2 Å². The highest BCUT2D eigenvalue weighted by molar-refractivity contribution is 7.92. The molecule has 19 heavy (non-hydrogen) atoms. The lowest BCUT2D eigenvalue weighted by Gasteiger charge is -2.30. The Kier molecular flexibility index (Phi) is 4.84. The van der Waals surface area contributed by atoms with Crippen LogP contribution in [0, 0.1) is 5.92 Å². The molecule has 2 aliphatic rings. The van der Waals surface area contributed by atoms with Crippen LogP contribution in [-0.2, 0) is 14.6 Å². The standard InChI is InChI=1S/C13H24N2O3S/c1-10-6-7-14-8-12(10)15-13(16)9-19(17,18)11-4-2-3-5-11/h10-12,14H,2-9H2,1H3,(H,15,16). The van der Waals surface area contributed by atoms with Gasteiger partial charge in [0.15, 0.2) is 9.84 Å². The van der Waals surface area contributed by atoms with E-state index >= 15 is 0 Å². The Balaban J connectivity index is 1.86. The van der Waals surface area contributed by atoms with Crippen molar-refractivity contribution in [3.63, 3.8) is 0 Å². The molecule has 0 radical (unpaired) electrons. The highest BCUT2D eigenvalue weighted by Gasteiger charge is 2.32. The second-order valence-corrected chi connectivity index (χ2v) is 8.14. The largest absolute Gasteiger partial charge is 0.351 e. The maximum absolute atomic E-state index is 12.1. The van der Waals surface area contributed by atoms with E-state index in [1.54, 1.807) is 0 Å². The SMILES string of the molecule is CC1CCNCC1NC(=O)CS(=O)(=O)C1CCCC1.